The van der Waals surface area contributed by atoms with Gasteiger partial charge in [-0.25, -0.2) is 5.10 Å². The van der Waals surface area contributed by atoms with Crippen LogP contribution < -0.4 is 5.73 Å². The molecule has 0 amide bonds. The zero-order valence-corrected chi connectivity index (χ0v) is 8.96. The number of nitrogens with one attached hydrogen (secondary N) is 1. The van der Waals surface area contributed by atoms with Crippen molar-refractivity contribution in [1.82, 2.24) is 20.6 Å². The van der Waals surface area contributed by atoms with Crippen LogP contribution in [0.3, 0.4) is 0 Å². The standard InChI is InChI=1S/C9H10ClN5O/c10-6-3-1-5(2-4-6)7(11)8(16)9-12-14-15-13-9/h1-4,7-8,16H,11H2,(H,12,13,14,15)/t7-,8-/m0/s1. The number of aliphatic hydroxyl groups excluding tert-OH is 1. The van der Waals surface area contributed by atoms with Crippen LogP contribution in [0.5, 0.6) is 0 Å². The largest absolute Gasteiger partial charge is 0.383 e. The molecule has 0 bridgehead atoms. The molecule has 4 N–H and O–H groups in total. The van der Waals surface area contributed by atoms with Gasteiger partial charge >= 0.3 is 0 Å². The molecule has 16 heavy (non-hydrogen) atoms. The second kappa shape index (κ2) is 4.56. The number of benzene rings is 1. The van der Waals surface area contributed by atoms with Gasteiger partial charge in [-0.1, -0.05) is 23.7 Å². The Kier molecular flexibility index (Phi) is 3.14. The van der Waals surface area contributed by atoms with E-state index in [1.807, 2.05) is 0 Å². The summed E-state index contributed by atoms with van der Waals surface area (Å²) in [6, 6.07) is 6.32. The summed E-state index contributed by atoms with van der Waals surface area (Å²) in [5.74, 6) is 0.238. The highest BCUT2D eigenvalue weighted by atomic mass is 35.5. The third-order valence-electron chi connectivity index (χ3n) is 2.24. The quantitative estimate of drug-likeness (QED) is 0.728. The van der Waals surface area contributed by atoms with E-state index in [0.717, 1.165) is 5.56 Å². The van der Waals surface area contributed by atoms with Crippen LogP contribution in [0.4, 0.5) is 0 Å². The van der Waals surface area contributed by atoms with Gasteiger partial charge in [0.05, 0.1) is 6.04 Å². The summed E-state index contributed by atoms with van der Waals surface area (Å²) in [6.45, 7) is 0. The van der Waals surface area contributed by atoms with Crippen molar-refractivity contribution in [2.75, 3.05) is 0 Å². The summed E-state index contributed by atoms with van der Waals surface area (Å²) in [5, 5.41) is 23.3. The summed E-state index contributed by atoms with van der Waals surface area (Å²) < 4.78 is 0. The minimum Gasteiger partial charge on any atom is -0.383 e. The van der Waals surface area contributed by atoms with Gasteiger partial charge in [0.25, 0.3) is 0 Å². The molecule has 1 aromatic carbocycles. The van der Waals surface area contributed by atoms with E-state index in [1.54, 1.807) is 24.3 Å². The van der Waals surface area contributed by atoms with E-state index in [2.05, 4.69) is 20.6 Å². The number of aliphatic hydroxyl groups is 1. The molecule has 2 atom stereocenters. The number of nitrogens with zero attached hydrogens (tertiary/aromatic N) is 3. The maximum absolute atomic E-state index is 9.87. The third-order valence-corrected chi connectivity index (χ3v) is 2.49. The number of rotatable bonds is 3. The van der Waals surface area contributed by atoms with Crippen molar-refractivity contribution >= 4 is 11.6 Å². The number of nitrogens with two attached hydrogens (primary N) is 1. The molecule has 1 aromatic heterocycles. The van der Waals surface area contributed by atoms with E-state index in [0.29, 0.717) is 5.02 Å². The molecule has 0 saturated heterocycles. The number of aromatic amines is 1. The van der Waals surface area contributed by atoms with Gasteiger partial charge in [-0.15, -0.1) is 5.10 Å². The molecular formula is C9H10ClN5O. The van der Waals surface area contributed by atoms with Crippen molar-refractivity contribution in [3.05, 3.63) is 40.7 Å². The molecule has 0 fully saturated rings. The summed E-state index contributed by atoms with van der Waals surface area (Å²) in [6.07, 6.45) is -0.976. The summed E-state index contributed by atoms with van der Waals surface area (Å²) >= 11 is 5.75. The van der Waals surface area contributed by atoms with Crippen LogP contribution in [0.25, 0.3) is 0 Å². The second-order valence-corrected chi connectivity index (χ2v) is 3.75. The topological polar surface area (TPSA) is 101 Å². The van der Waals surface area contributed by atoms with Crippen molar-refractivity contribution in [3.8, 4) is 0 Å². The van der Waals surface area contributed by atoms with Gasteiger partial charge in [-0.2, -0.15) is 0 Å². The highest BCUT2D eigenvalue weighted by molar-refractivity contribution is 6.30. The molecule has 1 heterocycles. The van der Waals surface area contributed by atoms with E-state index in [4.69, 9.17) is 17.3 Å². The van der Waals surface area contributed by atoms with Gasteiger partial charge in [-0.05, 0) is 28.1 Å². The van der Waals surface area contributed by atoms with Crippen LogP contribution in [-0.2, 0) is 0 Å². The first kappa shape index (κ1) is 11.0. The fraction of sp³-hybridized carbons (Fsp3) is 0.222. The van der Waals surface area contributed by atoms with Gasteiger partial charge in [0.2, 0.25) is 0 Å². The number of hydrogen-bond acceptors (Lipinski definition) is 5. The molecule has 0 spiro atoms. The van der Waals surface area contributed by atoms with Crippen LogP contribution >= 0.6 is 11.6 Å². The summed E-state index contributed by atoms with van der Waals surface area (Å²) in [7, 11) is 0. The Morgan fingerprint density at radius 3 is 2.56 bits per heavy atom. The van der Waals surface area contributed by atoms with Crippen molar-refractivity contribution in [3.63, 3.8) is 0 Å². The molecule has 0 aliphatic carbocycles. The van der Waals surface area contributed by atoms with Gasteiger partial charge in [0.15, 0.2) is 5.82 Å². The highest BCUT2D eigenvalue weighted by Crippen LogP contribution is 2.24. The molecule has 7 heteroatoms. The molecule has 84 valence electrons. The second-order valence-electron chi connectivity index (χ2n) is 3.31. The van der Waals surface area contributed by atoms with E-state index in [9.17, 15) is 5.11 Å². The van der Waals surface area contributed by atoms with Crippen molar-refractivity contribution < 1.29 is 5.11 Å². The predicted molar refractivity (Wildman–Crippen MR) is 57.5 cm³/mol. The average molecular weight is 240 g/mol. The zero-order valence-electron chi connectivity index (χ0n) is 8.21. The van der Waals surface area contributed by atoms with Gasteiger partial charge < -0.3 is 10.8 Å². The lowest BCUT2D eigenvalue weighted by Crippen LogP contribution is -2.20. The molecule has 0 unspecified atom stereocenters. The number of aromatic nitrogens is 4. The zero-order chi connectivity index (χ0) is 11.5. The van der Waals surface area contributed by atoms with E-state index >= 15 is 0 Å². The van der Waals surface area contributed by atoms with Crippen molar-refractivity contribution in [2.45, 2.75) is 12.1 Å². The Bertz CT molecular complexity index is 443. The number of H-pyrrole nitrogens is 1. The maximum atomic E-state index is 9.87. The molecule has 0 aliphatic rings. The number of tetrazole rings is 1. The first-order chi connectivity index (χ1) is 7.68. The monoisotopic (exact) mass is 239 g/mol. The van der Waals surface area contributed by atoms with Gasteiger partial charge in [-0.3, -0.25) is 0 Å². The molecule has 0 saturated carbocycles. The fourth-order valence-corrected chi connectivity index (χ4v) is 1.46. The van der Waals surface area contributed by atoms with Crippen LogP contribution in [0, 0.1) is 0 Å². The van der Waals surface area contributed by atoms with Crippen LogP contribution in [0.2, 0.25) is 5.02 Å². The lowest BCUT2D eigenvalue weighted by molar-refractivity contribution is 0.137. The first-order valence-electron chi connectivity index (χ1n) is 4.61. The molecule has 0 radical (unpaired) electrons. The van der Waals surface area contributed by atoms with Gasteiger partial charge in [0, 0.05) is 5.02 Å². The van der Waals surface area contributed by atoms with Crippen LogP contribution in [0.15, 0.2) is 24.3 Å². The Labute approximate surface area is 96.4 Å². The SMILES string of the molecule is N[C@@H](c1ccc(Cl)cc1)[C@H](O)c1nnn[nH]1. The average Bonchev–Trinajstić information content (AvgIpc) is 2.81. The molecule has 6 nitrogen and oxygen atoms in total. The smallest absolute Gasteiger partial charge is 0.179 e. The lowest BCUT2D eigenvalue weighted by Gasteiger charge is -2.16. The Morgan fingerprint density at radius 1 is 1.31 bits per heavy atom. The molecule has 0 aliphatic heterocycles. The van der Waals surface area contributed by atoms with Crippen LogP contribution in [-0.4, -0.2) is 25.7 Å². The summed E-state index contributed by atoms with van der Waals surface area (Å²) in [4.78, 5) is 0. The van der Waals surface area contributed by atoms with Crippen molar-refractivity contribution in [2.24, 2.45) is 5.73 Å². The number of hydrogen-bond donors (Lipinski definition) is 3. The Morgan fingerprint density at radius 2 is 2.00 bits per heavy atom. The van der Waals surface area contributed by atoms with Crippen LogP contribution in [0.1, 0.15) is 23.5 Å². The summed E-state index contributed by atoms with van der Waals surface area (Å²) in [5.41, 5.74) is 6.63. The predicted octanol–water partition coefficient (Wildman–Crippen LogP) is 0.587. The molecular weight excluding hydrogens is 230 g/mol. The third kappa shape index (κ3) is 2.19. The minimum absolute atomic E-state index is 0.238. The fourth-order valence-electron chi connectivity index (χ4n) is 1.33. The Hall–Kier alpha value is -1.50. The molecule has 2 aromatic rings. The Balaban J connectivity index is 2.19. The highest BCUT2D eigenvalue weighted by Gasteiger charge is 2.21. The normalized spacial score (nSPS) is 14.7. The van der Waals surface area contributed by atoms with Gasteiger partial charge in [0.1, 0.15) is 6.10 Å². The van der Waals surface area contributed by atoms with E-state index in [1.165, 1.54) is 0 Å². The molecule has 2 rings (SSSR count). The first-order valence-corrected chi connectivity index (χ1v) is 4.99. The number of halogens is 1. The van der Waals surface area contributed by atoms with Crippen molar-refractivity contribution in [1.29, 1.82) is 0 Å². The minimum atomic E-state index is -0.976. The maximum Gasteiger partial charge on any atom is 0.179 e. The van der Waals surface area contributed by atoms with E-state index in [-0.39, 0.29) is 5.82 Å². The van der Waals surface area contributed by atoms with E-state index < -0.39 is 12.1 Å². The lowest BCUT2D eigenvalue weighted by atomic mass is 10.0.